The van der Waals surface area contributed by atoms with Crippen LogP contribution in [0.5, 0.6) is 5.75 Å². The van der Waals surface area contributed by atoms with Crippen molar-refractivity contribution >= 4 is 12.4 Å². The Kier molecular flexibility index (Phi) is 6.11. The monoisotopic (exact) mass is 285 g/mol. The maximum Gasteiger partial charge on any atom is 0.120 e. The Labute approximate surface area is 121 Å². The SMILES string of the molecule is Cc1ccc([C@H](N)[C@H](O)C2CCCCC2)c(O)c1.Cl. The van der Waals surface area contributed by atoms with Crippen LogP contribution in [0.25, 0.3) is 0 Å². The fourth-order valence-electron chi connectivity index (χ4n) is 2.89. The summed E-state index contributed by atoms with van der Waals surface area (Å²) < 4.78 is 0. The number of hydrogen-bond acceptors (Lipinski definition) is 3. The molecule has 1 aromatic carbocycles. The molecule has 108 valence electrons. The number of nitrogens with two attached hydrogens (primary N) is 1. The highest BCUT2D eigenvalue weighted by Gasteiger charge is 2.28. The molecule has 2 rings (SSSR count). The molecule has 0 amide bonds. The van der Waals surface area contributed by atoms with E-state index in [0.29, 0.717) is 5.56 Å². The molecule has 1 saturated carbocycles. The lowest BCUT2D eigenvalue weighted by atomic mass is 9.81. The third-order valence-electron chi connectivity index (χ3n) is 4.05. The zero-order valence-electron chi connectivity index (χ0n) is 11.4. The Morgan fingerprint density at radius 1 is 1.21 bits per heavy atom. The molecule has 0 aromatic heterocycles. The van der Waals surface area contributed by atoms with Crippen LogP contribution in [-0.2, 0) is 0 Å². The maximum atomic E-state index is 10.4. The molecular weight excluding hydrogens is 262 g/mol. The van der Waals surface area contributed by atoms with E-state index in [-0.39, 0.29) is 24.1 Å². The summed E-state index contributed by atoms with van der Waals surface area (Å²) >= 11 is 0. The smallest absolute Gasteiger partial charge is 0.120 e. The maximum absolute atomic E-state index is 10.4. The molecule has 0 aliphatic heterocycles. The van der Waals surface area contributed by atoms with Crippen LogP contribution in [0.1, 0.15) is 49.3 Å². The van der Waals surface area contributed by atoms with Gasteiger partial charge < -0.3 is 15.9 Å². The Balaban J connectivity index is 0.00000180. The van der Waals surface area contributed by atoms with Crippen LogP contribution in [0.2, 0.25) is 0 Å². The number of aliphatic hydroxyl groups is 1. The van der Waals surface area contributed by atoms with Crippen LogP contribution < -0.4 is 5.73 Å². The van der Waals surface area contributed by atoms with E-state index in [2.05, 4.69) is 0 Å². The molecule has 4 heteroatoms. The minimum Gasteiger partial charge on any atom is -0.508 e. The van der Waals surface area contributed by atoms with E-state index in [4.69, 9.17) is 5.73 Å². The average Bonchev–Trinajstić information content (AvgIpc) is 2.38. The number of halogens is 1. The predicted octanol–water partition coefficient (Wildman–Crippen LogP) is 3.06. The summed E-state index contributed by atoms with van der Waals surface area (Å²) in [6, 6.07) is 4.95. The van der Waals surface area contributed by atoms with Gasteiger partial charge in [0, 0.05) is 5.56 Å². The quantitative estimate of drug-likeness (QED) is 0.799. The van der Waals surface area contributed by atoms with Crippen LogP contribution in [0.4, 0.5) is 0 Å². The Bertz CT molecular complexity index is 405. The van der Waals surface area contributed by atoms with Gasteiger partial charge in [-0.2, -0.15) is 0 Å². The van der Waals surface area contributed by atoms with Crippen LogP contribution in [0, 0.1) is 12.8 Å². The first-order chi connectivity index (χ1) is 8.59. The molecule has 1 fully saturated rings. The highest BCUT2D eigenvalue weighted by Crippen LogP contribution is 2.34. The minimum atomic E-state index is -0.557. The Morgan fingerprint density at radius 3 is 2.42 bits per heavy atom. The van der Waals surface area contributed by atoms with E-state index in [1.807, 2.05) is 19.1 Å². The molecule has 0 spiro atoms. The molecule has 3 nitrogen and oxygen atoms in total. The average molecular weight is 286 g/mol. The minimum absolute atomic E-state index is 0. The second-order valence-electron chi connectivity index (χ2n) is 5.48. The lowest BCUT2D eigenvalue weighted by Gasteiger charge is -2.30. The number of benzene rings is 1. The fraction of sp³-hybridized carbons (Fsp3) is 0.600. The predicted molar refractivity (Wildman–Crippen MR) is 79.6 cm³/mol. The molecule has 0 radical (unpaired) electrons. The summed E-state index contributed by atoms with van der Waals surface area (Å²) in [5, 5.41) is 20.3. The number of aliphatic hydroxyl groups excluding tert-OH is 1. The van der Waals surface area contributed by atoms with E-state index in [9.17, 15) is 10.2 Å². The molecule has 1 aromatic rings. The fourth-order valence-corrected chi connectivity index (χ4v) is 2.89. The second kappa shape index (κ2) is 7.13. The van der Waals surface area contributed by atoms with E-state index in [0.717, 1.165) is 18.4 Å². The standard InChI is InChI=1S/C15H23NO2.ClH/c1-10-7-8-12(13(17)9-10)14(16)15(18)11-5-3-2-4-6-11;/h7-9,11,14-15,17-18H,2-6,16H2,1H3;1H/t14-,15+;/m0./s1. The van der Waals surface area contributed by atoms with Crippen molar-refractivity contribution in [2.24, 2.45) is 11.7 Å². The van der Waals surface area contributed by atoms with Gasteiger partial charge in [0.2, 0.25) is 0 Å². The highest BCUT2D eigenvalue weighted by molar-refractivity contribution is 5.85. The third-order valence-corrected chi connectivity index (χ3v) is 4.05. The lowest BCUT2D eigenvalue weighted by Crippen LogP contribution is -2.34. The molecule has 4 N–H and O–H groups in total. The van der Waals surface area contributed by atoms with Crippen molar-refractivity contribution in [3.8, 4) is 5.75 Å². The number of phenolic OH excluding ortho intramolecular Hbond substituents is 1. The summed E-state index contributed by atoms with van der Waals surface area (Å²) in [4.78, 5) is 0. The first kappa shape index (κ1) is 16.3. The summed E-state index contributed by atoms with van der Waals surface area (Å²) in [5.41, 5.74) is 7.76. The van der Waals surface area contributed by atoms with E-state index in [1.165, 1.54) is 19.3 Å². The number of rotatable bonds is 3. The van der Waals surface area contributed by atoms with Crippen molar-refractivity contribution < 1.29 is 10.2 Å². The topological polar surface area (TPSA) is 66.5 Å². The van der Waals surface area contributed by atoms with Gasteiger partial charge >= 0.3 is 0 Å². The van der Waals surface area contributed by atoms with Crippen molar-refractivity contribution in [2.75, 3.05) is 0 Å². The zero-order valence-corrected chi connectivity index (χ0v) is 12.2. The van der Waals surface area contributed by atoms with E-state index < -0.39 is 12.1 Å². The van der Waals surface area contributed by atoms with Gasteiger partial charge in [0.15, 0.2) is 0 Å². The second-order valence-corrected chi connectivity index (χ2v) is 5.48. The summed E-state index contributed by atoms with van der Waals surface area (Å²) in [7, 11) is 0. The third kappa shape index (κ3) is 3.85. The van der Waals surface area contributed by atoms with E-state index >= 15 is 0 Å². The van der Waals surface area contributed by atoms with Crippen molar-refractivity contribution in [3.63, 3.8) is 0 Å². The van der Waals surface area contributed by atoms with Crippen LogP contribution in [0.15, 0.2) is 18.2 Å². The zero-order chi connectivity index (χ0) is 13.1. The molecule has 0 saturated heterocycles. The Morgan fingerprint density at radius 2 is 1.84 bits per heavy atom. The first-order valence-corrected chi connectivity index (χ1v) is 6.83. The molecule has 1 aliphatic carbocycles. The number of phenols is 1. The van der Waals surface area contributed by atoms with Gasteiger partial charge in [-0.25, -0.2) is 0 Å². The molecule has 0 heterocycles. The molecular formula is C15H24ClNO2. The normalized spacial score (nSPS) is 19.5. The lowest BCUT2D eigenvalue weighted by molar-refractivity contribution is 0.0611. The largest absolute Gasteiger partial charge is 0.508 e. The van der Waals surface area contributed by atoms with Crippen LogP contribution in [0.3, 0.4) is 0 Å². The molecule has 0 bridgehead atoms. The van der Waals surface area contributed by atoms with Gasteiger partial charge in [-0.05, 0) is 37.3 Å². The molecule has 19 heavy (non-hydrogen) atoms. The van der Waals surface area contributed by atoms with Crippen LogP contribution >= 0.6 is 12.4 Å². The van der Waals surface area contributed by atoms with Gasteiger partial charge in [0.05, 0.1) is 12.1 Å². The van der Waals surface area contributed by atoms with Crippen LogP contribution in [-0.4, -0.2) is 16.3 Å². The van der Waals surface area contributed by atoms with Gasteiger partial charge in [0.25, 0.3) is 0 Å². The number of aromatic hydroxyl groups is 1. The summed E-state index contributed by atoms with van der Waals surface area (Å²) in [6.07, 6.45) is 5.14. The first-order valence-electron chi connectivity index (χ1n) is 6.83. The van der Waals surface area contributed by atoms with E-state index in [1.54, 1.807) is 6.07 Å². The van der Waals surface area contributed by atoms with Crippen molar-refractivity contribution in [1.82, 2.24) is 0 Å². The van der Waals surface area contributed by atoms with Gasteiger partial charge in [-0.3, -0.25) is 0 Å². The number of hydrogen-bond donors (Lipinski definition) is 3. The molecule has 2 atom stereocenters. The number of aryl methyl sites for hydroxylation is 1. The van der Waals surface area contributed by atoms with Crippen molar-refractivity contribution in [1.29, 1.82) is 0 Å². The highest BCUT2D eigenvalue weighted by atomic mass is 35.5. The summed E-state index contributed by atoms with van der Waals surface area (Å²) in [6.45, 7) is 1.92. The molecule has 0 unspecified atom stereocenters. The molecule has 1 aliphatic rings. The Hall–Kier alpha value is -0.770. The van der Waals surface area contributed by atoms with Crippen molar-refractivity contribution in [3.05, 3.63) is 29.3 Å². The van der Waals surface area contributed by atoms with Crippen molar-refractivity contribution in [2.45, 2.75) is 51.2 Å². The van der Waals surface area contributed by atoms with Gasteiger partial charge in [0.1, 0.15) is 5.75 Å². The van der Waals surface area contributed by atoms with Gasteiger partial charge in [-0.15, -0.1) is 12.4 Å². The summed E-state index contributed by atoms with van der Waals surface area (Å²) in [5.74, 6) is 0.465. The van der Waals surface area contributed by atoms with Gasteiger partial charge in [-0.1, -0.05) is 31.4 Å².